The van der Waals surface area contributed by atoms with Gasteiger partial charge in [0, 0.05) is 16.6 Å². The highest BCUT2D eigenvalue weighted by atomic mass is 35.7. The topological polar surface area (TPSA) is 43.4 Å². The minimum Gasteiger partial charge on any atom is -0.493 e. The second-order valence-corrected chi connectivity index (χ2v) is 7.31. The molecule has 18 heavy (non-hydrogen) atoms. The maximum atomic E-state index is 11.1. The molecule has 0 radical (unpaired) electrons. The summed E-state index contributed by atoms with van der Waals surface area (Å²) in [6.45, 7) is 4.40. The minimum atomic E-state index is -3.46. The molecule has 3 nitrogen and oxygen atoms in total. The second kappa shape index (κ2) is 7.00. The van der Waals surface area contributed by atoms with Gasteiger partial charge in [0.25, 0.3) is 0 Å². The third-order valence-corrected chi connectivity index (χ3v) is 3.89. The quantitative estimate of drug-likeness (QED) is 0.723. The van der Waals surface area contributed by atoms with E-state index in [0.717, 1.165) is 24.2 Å². The molecule has 0 spiro atoms. The van der Waals surface area contributed by atoms with Crippen molar-refractivity contribution in [1.29, 1.82) is 0 Å². The number of aryl methyl sites for hydroxylation is 1. The first-order valence-electron chi connectivity index (χ1n) is 6.02. The molecule has 1 atom stereocenters. The van der Waals surface area contributed by atoms with Gasteiger partial charge in [0.05, 0.1) is 12.4 Å². The van der Waals surface area contributed by atoms with E-state index in [-0.39, 0.29) is 11.7 Å². The van der Waals surface area contributed by atoms with Crippen molar-refractivity contribution >= 4 is 19.7 Å². The Balaban J connectivity index is 2.54. The van der Waals surface area contributed by atoms with Crippen LogP contribution in [0.15, 0.2) is 24.3 Å². The Labute approximate surface area is 114 Å². The SMILES string of the molecule is CCCC(COc1ccc(C)cc1)CS(=O)(=O)Cl. The predicted octanol–water partition coefficient (Wildman–Crippen LogP) is 3.36. The highest BCUT2D eigenvalue weighted by Crippen LogP contribution is 2.17. The van der Waals surface area contributed by atoms with Crippen molar-refractivity contribution in [3.05, 3.63) is 29.8 Å². The van der Waals surface area contributed by atoms with Gasteiger partial charge in [-0.25, -0.2) is 8.42 Å². The van der Waals surface area contributed by atoms with E-state index >= 15 is 0 Å². The van der Waals surface area contributed by atoms with Crippen LogP contribution in [0.5, 0.6) is 5.75 Å². The zero-order valence-electron chi connectivity index (χ0n) is 10.7. The lowest BCUT2D eigenvalue weighted by atomic mass is 10.1. The van der Waals surface area contributed by atoms with Gasteiger partial charge in [0.1, 0.15) is 5.75 Å². The van der Waals surface area contributed by atoms with E-state index in [9.17, 15) is 8.42 Å². The Hall–Kier alpha value is -0.740. The van der Waals surface area contributed by atoms with E-state index in [1.54, 1.807) is 0 Å². The van der Waals surface area contributed by atoms with Crippen molar-refractivity contribution in [2.24, 2.45) is 5.92 Å². The minimum absolute atomic E-state index is 0.0335. The summed E-state index contributed by atoms with van der Waals surface area (Å²) >= 11 is 0. The third kappa shape index (κ3) is 6.26. The van der Waals surface area contributed by atoms with Gasteiger partial charge in [-0.1, -0.05) is 31.0 Å². The summed E-state index contributed by atoms with van der Waals surface area (Å²) in [5, 5.41) is 0. The van der Waals surface area contributed by atoms with Crippen LogP contribution in [0.3, 0.4) is 0 Å². The van der Waals surface area contributed by atoms with Gasteiger partial charge in [0.15, 0.2) is 0 Å². The number of benzene rings is 1. The van der Waals surface area contributed by atoms with Gasteiger partial charge < -0.3 is 4.74 Å². The largest absolute Gasteiger partial charge is 0.493 e. The van der Waals surface area contributed by atoms with Gasteiger partial charge in [-0.05, 0) is 25.5 Å². The fourth-order valence-electron chi connectivity index (χ4n) is 1.75. The summed E-state index contributed by atoms with van der Waals surface area (Å²) in [6.07, 6.45) is 1.70. The van der Waals surface area contributed by atoms with Crippen molar-refractivity contribution in [3.63, 3.8) is 0 Å². The molecule has 0 N–H and O–H groups in total. The molecule has 1 aromatic rings. The molecule has 0 aliphatic heterocycles. The zero-order chi connectivity index (χ0) is 13.6. The lowest BCUT2D eigenvalue weighted by molar-refractivity contribution is 0.253. The van der Waals surface area contributed by atoms with Crippen molar-refractivity contribution in [1.82, 2.24) is 0 Å². The van der Waals surface area contributed by atoms with Crippen molar-refractivity contribution < 1.29 is 13.2 Å². The summed E-state index contributed by atoms with van der Waals surface area (Å²) < 4.78 is 27.8. The number of hydrogen-bond donors (Lipinski definition) is 0. The molecule has 102 valence electrons. The van der Waals surface area contributed by atoms with Crippen LogP contribution in [0, 0.1) is 12.8 Å². The maximum Gasteiger partial charge on any atom is 0.232 e. The molecular weight excluding hydrogens is 272 g/mol. The van der Waals surface area contributed by atoms with Crippen LogP contribution >= 0.6 is 10.7 Å². The van der Waals surface area contributed by atoms with E-state index < -0.39 is 9.05 Å². The number of rotatable bonds is 7. The van der Waals surface area contributed by atoms with Gasteiger partial charge in [0.2, 0.25) is 9.05 Å². The smallest absolute Gasteiger partial charge is 0.232 e. The van der Waals surface area contributed by atoms with Crippen LogP contribution in [0.25, 0.3) is 0 Å². The predicted molar refractivity (Wildman–Crippen MR) is 74.7 cm³/mol. The second-order valence-electron chi connectivity index (χ2n) is 4.48. The Kier molecular flexibility index (Phi) is 5.96. The fraction of sp³-hybridized carbons (Fsp3) is 0.538. The standard InChI is InChI=1S/C13H19ClO3S/c1-3-4-12(10-18(14,15)16)9-17-13-7-5-11(2)6-8-13/h5-8,12H,3-4,9-10H2,1-2H3. The Morgan fingerprint density at radius 3 is 2.39 bits per heavy atom. The van der Waals surface area contributed by atoms with E-state index in [4.69, 9.17) is 15.4 Å². The average molecular weight is 291 g/mol. The van der Waals surface area contributed by atoms with Gasteiger partial charge in [-0.15, -0.1) is 0 Å². The molecule has 1 rings (SSSR count). The summed E-state index contributed by atoms with van der Waals surface area (Å²) in [5.41, 5.74) is 1.16. The van der Waals surface area contributed by atoms with Gasteiger partial charge in [-0.2, -0.15) is 0 Å². The first kappa shape index (κ1) is 15.3. The number of halogens is 1. The van der Waals surface area contributed by atoms with E-state index in [1.807, 2.05) is 38.1 Å². The molecular formula is C13H19ClO3S. The van der Waals surface area contributed by atoms with Crippen LogP contribution in [0.4, 0.5) is 0 Å². The first-order valence-corrected chi connectivity index (χ1v) is 8.50. The molecule has 0 amide bonds. The summed E-state index contributed by atoms with van der Waals surface area (Å²) in [5.74, 6) is 0.668. The number of hydrogen-bond acceptors (Lipinski definition) is 3. The molecule has 0 aliphatic carbocycles. The molecule has 0 aliphatic rings. The van der Waals surface area contributed by atoms with Crippen LogP contribution in [0.1, 0.15) is 25.3 Å². The molecule has 1 aromatic carbocycles. The molecule has 0 heterocycles. The molecule has 5 heteroatoms. The zero-order valence-corrected chi connectivity index (χ0v) is 12.3. The highest BCUT2D eigenvalue weighted by molar-refractivity contribution is 8.13. The monoisotopic (exact) mass is 290 g/mol. The Morgan fingerprint density at radius 1 is 1.28 bits per heavy atom. The summed E-state index contributed by atoms with van der Waals surface area (Å²) in [6, 6.07) is 7.69. The van der Waals surface area contributed by atoms with Crippen molar-refractivity contribution in [3.8, 4) is 5.75 Å². The number of ether oxygens (including phenoxy) is 1. The fourth-order valence-corrected chi connectivity index (χ4v) is 3.11. The van der Waals surface area contributed by atoms with Gasteiger partial charge in [-0.3, -0.25) is 0 Å². The lowest BCUT2D eigenvalue weighted by Crippen LogP contribution is -2.19. The third-order valence-electron chi connectivity index (χ3n) is 2.64. The average Bonchev–Trinajstić information content (AvgIpc) is 2.26. The lowest BCUT2D eigenvalue weighted by Gasteiger charge is -2.15. The normalized spacial score (nSPS) is 13.3. The van der Waals surface area contributed by atoms with E-state index in [1.165, 1.54) is 0 Å². The molecule has 0 saturated heterocycles. The van der Waals surface area contributed by atoms with Crippen molar-refractivity contribution in [2.75, 3.05) is 12.4 Å². The van der Waals surface area contributed by atoms with Crippen LogP contribution in [-0.2, 0) is 9.05 Å². The molecule has 1 unspecified atom stereocenters. The maximum absolute atomic E-state index is 11.1. The van der Waals surface area contributed by atoms with E-state index in [2.05, 4.69) is 0 Å². The van der Waals surface area contributed by atoms with Crippen molar-refractivity contribution in [2.45, 2.75) is 26.7 Å². The molecule has 0 fully saturated rings. The molecule has 0 saturated carbocycles. The van der Waals surface area contributed by atoms with Crippen LogP contribution in [0.2, 0.25) is 0 Å². The molecule has 0 aromatic heterocycles. The highest BCUT2D eigenvalue weighted by Gasteiger charge is 2.17. The molecule has 0 bridgehead atoms. The van der Waals surface area contributed by atoms with E-state index in [0.29, 0.717) is 6.61 Å². The first-order chi connectivity index (χ1) is 8.40. The summed E-state index contributed by atoms with van der Waals surface area (Å²) in [4.78, 5) is 0. The van der Waals surface area contributed by atoms with Crippen LogP contribution < -0.4 is 4.74 Å². The Morgan fingerprint density at radius 2 is 1.89 bits per heavy atom. The van der Waals surface area contributed by atoms with Crippen LogP contribution in [-0.4, -0.2) is 20.8 Å². The summed E-state index contributed by atoms with van der Waals surface area (Å²) in [7, 11) is 1.82. The van der Waals surface area contributed by atoms with Gasteiger partial charge >= 0.3 is 0 Å². The Bertz CT molecular complexity index is 454.